The van der Waals surface area contributed by atoms with Crippen LogP contribution in [0.15, 0.2) is 33.8 Å². The van der Waals surface area contributed by atoms with Crippen molar-refractivity contribution in [2.75, 3.05) is 13.6 Å². The van der Waals surface area contributed by atoms with Gasteiger partial charge in [-0.3, -0.25) is 4.99 Å². The smallest absolute Gasteiger partial charge is 0.191 e. The van der Waals surface area contributed by atoms with Crippen LogP contribution >= 0.6 is 24.0 Å². The summed E-state index contributed by atoms with van der Waals surface area (Å²) in [6.07, 6.45) is 0.818. The zero-order chi connectivity index (χ0) is 15.9. The summed E-state index contributed by atoms with van der Waals surface area (Å²) in [7, 11) is 1.72. The third-order valence-electron chi connectivity index (χ3n) is 3.45. The Kier molecular flexibility index (Phi) is 8.01. The van der Waals surface area contributed by atoms with Gasteiger partial charge in [-0.15, -0.1) is 24.0 Å². The Morgan fingerprint density at radius 3 is 2.48 bits per heavy atom. The molecule has 126 valence electrons. The molecule has 0 atom stereocenters. The lowest BCUT2D eigenvalue weighted by atomic mass is 10.1. The molecule has 0 unspecified atom stereocenters. The van der Waals surface area contributed by atoms with E-state index in [0.717, 1.165) is 35.5 Å². The van der Waals surface area contributed by atoms with Crippen molar-refractivity contribution in [1.82, 2.24) is 15.8 Å². The maximum absolute atomic E-state index is 12.8. The highest BCUT2D eigenvalue weighted by atomic mass is 127. The van der Waals surface area contributed by atoms with Gasteiger partial charge in [-0.25, -0.2) is 4.39 Å². The van der Waals surface area contributed by atoms with Crippen molar-refractivity contribution in [1.29, 1.82) is 0 Å². The molecule has 1 heterocycles. The summed E-state index contributed by atoms with van der Waals surface area (Å²) in [5, 5.41) is 10.4. The number of guanidine groups is 1. The second-order valence-electron chi connectivity index (χ2n) is 5.03. The van der Waals surface area contributed by atoms with E-state index in [-0.39, 0.29) is 29.8 Å². The van der Waals surface area contributed by atoms with Crippen LogP contribution in [0.2, 0.25) is 0 Å². The van der Waals surface area contributed by atoms with E-state index in [1.54, 1.807) is 19.2 Å². The molecular formula is C16H22FIN4O. The Labute approximate surface area is 152 Å². The molecule has 0 aliphatic heterocycles. The molecule has 0 aliphatic carbocycles. The topological polar surface area (TPSA) is 62.5 Å². The summed E-state index contributed by atoms with van der Waals surface area (Å²) in [4.78, 5) is 4.17. The molecule has 2 aromatic rings. The quantitative estimate of drug-likeness (QED) is 0.434. The van der Waals surface area contributed by atoms with Crippen molar-refractivity contribution in [2.45, 2.75) is 26.8 Å². The molecule has 0 saturated heterocycles. The van der Waals surface area contributed by atoms with Crippen LogP contribution in [0.5, 0.6) is 0 Å². The van der Waals surface area contributed by atoms with Crippen molar-refractivity contribution in [3.05, 3.63) is 52.7 Å². The van der Waals surface area contributed by atoms with E-state index in [1.807, 2.05) is 13.8 Å². The Balaban J connectivity index is 0.00000264. The van der Waals surface area contributed by atoms with Crippen molar-refractivity contribution >= 4 is 29.9 Å². The number of nitrogens with one attached hydrogen (secondary N) is 2. The normalized spacial score (nSPS) is 11.0. The van der Waals surface area contributed by atoms with E-state index in [4.69, 9.17) is 4.52 Å². The largest absolute Gasteiger partial charge is 0.361 e. The van der Waals surface area contributed by atoms with Gasteiger partial charge in [0.2, 0.25) is 0 Å². The molecule has 2 N–H and O–H groups in total. The molecule has 0 spiro atoms. The maximum atomic E-state index is 12.8. The molecular weight excluding hydrogens is 410 g/mol. The Bertz CT molecular complexity index is 621. The molecule has 1 aromatic carbocycles. The van der Waals surface area contributed by atoms with Crippen molar-refractivity contribution in [3.63, 3.8) is 0 Å². The first-order valence-electron chi connectivity index (χ1n) is 7.21. The molecule has 0 fully saturated rings. The molecule has 0 aliphatic rings. The lowest BCUT2D eigenvalue weighted by Gasteiger charge is -2.11. The Morgan fingerprint density at radius 1 is 1.22 bits per heavy atom. The summed E-state index contributed by atoms with van der Waals surface area (Å²) < 4.78 is 18.0. The third-order valence-corrected chi connectivity index (χ3v) is 3.45. The van der Waals surface area contributed by atoms with Gasteiger partial charge < -0.3 is 15.2 Å². The molecule has 1 aromatic heterocycles. The summed E-state index contributed by atoms with van der Waals surface area (Å²) >= 11 is 0. The fourth-order valence-corrected chi connectivity index (χ4v) is 2.17. The zero-order valence-corrected chi connectivity index (χ0v) is 15.8. The average Bonchev–Trinajstić information content (AvgIpc) is 2.84. The predicted octanol–water partition coefficient (Wildman–Crippen LogP) is 2.96. The number of aliphatic imine (C=N–C) groups is 1. The number of hydrogen-bond acceptors (Lipinski definition) is 3. The van der Waals surface area contributed by atoms with E-state index in [2.05, 4.69) is 20.8 Å². The van der Waals surface area contributed by atoms with Crippen molar-refractivity contribution in [3.8, 4) is 0 Å². The first-order chi connectivity index (χ1) is 10.6. The number of nitrogens with zero attached hydrogens (tertiary/aromatic N) is 2. The van der Waals surface area contributed by atoms with E-state index >= 15 is 0 Å². The lowest BCUT2D eigenvalue weighted by Crippen LogP contribution is -2.37. The predicted molar refractivity (Wildman–Crippen MR) is 99.7 cm³/mol. The number of aromatic nitrogens is 1. The number of aryl methyl sites for hydroxylation is 2. The molecule has 0 saturated carbocycles. The Hall–Kier alpha value is -1.64. The van der Waals surface area contributed by atoms with Gasteiger partial charge in [0.1, 0.15) is 11.6 Å². The van der Waals surface area contributed by atoms with Gasteiger partial charge in [0.15, 0.2) is 5.96 Å². The van der Waals surface area contributed by atoms with Crippen LogP contribution in [0, 0.1) is 19.7 Å². The van der Waals surface area contributed by atoms with Crippen LogP contribution in [-0.4, -0.2) is 24.7 Å². The molecule has 0 radical (unpaired) electrons. The molecule has 0 amide bonds. The van der Waals surface area contributed by atoms with Crippen LogP contribution in [0.1, 0.15) is 22.6 Å². The minimum atomic E-state index is -0.231. The van der Waals surface area contributed by atoms with Crippen molar-refractivity contribution < 1.29 is 8.91 Å². The van der Waals surface area contributed by atoms with Gasteiger partial charge in [0, 0.05) is 25.7 Å². The van der Waals surface area contributed by atoms with Crippen LogP contribution in [0.3, 0.4) is 0 Å². The molecule has 2 rings (SSSR count). The number of rotatable bonds is 5. The van der Waals surface area contributed by atoms with Gasteiger partial charge >= 0.3 is 0 Å². The number of hydrogen-bond donors (Lipinski definition) is 2. The third kappa shape index (κ3) is 5.81. The summed E-state index contributed by atoms with van der Waals surface area (Å²) in [5.74, 6) is 1.33. The monoisotopic (exact) mass is 432 g/mol. The second kappa shape index (κ2) is 9.49. The van der Waals surface area contributed by atoms with Crippen LogP contribution in [0.4, 0.5) is 4.39 Å². The summed E-state index contributed by atoms with van der Waals surface area (Å²) in [5.41, 5.74) is 3.05. The Morgan fingerprint density at radius 2 is 1.91 bits per heavy atom. The fourth-order valence-electron chi connectivity index (χ4n) is 2.17. The number of benzene rings is 1. The summed E-state index contributed by atoms with van der Waals surface area (Å²) in [6, 6.07) is 6.40. The first kappa shape index (κ1) is 19.4. The first-order valence-corrected chi connectivity index (χ1v) is 7.21. The van der Waals surface area contributed by atoms with Gasteiger partial charge in [0.25, 0.3) is 0 Å². The molecule has 0 bridgehead atoms. The fraction of sp³-hybridized carbons (Fsp3) is 0.375. The molecule has 7 heteroatoms. The van der Waals surface area contributed by atoms with Crippen molar-refractivity contribution in [2.24, 2.45) is 4.99 Å². The molecule has 23 heavy (non-hydrogen) atoms. The van der Waals surface area contributed by atoms with Gasteiger partial charge in [-0.1, -0.05) is 17.3 Å². The van der Waals surface area contributed by atoms with E-state index < -0.39 is 0 Å². The summed E-state index contributed by atoms with van der Waals surface area (Å²) in [6.45, 7) is 5.17. The highest BCUT2D eigenvalue weighted by Gasteiger charge is 2.08. The zero-order valence-electron chi connectivity index (χ0n) is 13.5. The van der Waals surface area contributed by atoms with Crippen LogP contribution in [0.25, 0.3) is 0 Å². The standard InChI is InChI=1S/C16H21FN4O.HI/c1-11-15(12(2)22-21-11)8-9-19-16(18-3)20-10-13-4-6-14(17)7-5-13;/h4-7H,8-10H2,1-3H3,(H2,18,19,20);1H. The van der Waals surface area contributed by atoms with E-state index in [9.17, 15) is 4.39 Å². The van der Waals surface area contributed by atoms with Gasteiger partial charge in [-0.2, -0.15) is 0 Å². The SMILES string of the molecule is CN=C(NCCc1c(C)noc1C)NCc1ccc(F)cc1.I. The molecule has 5 nitrogen and oxygen atoms in total. The highest BCUT2D eigenvalue weighted by molar-refractivity contribution is 14.0. The maximum Gasteiger partial charge on any atom is 0.191 e. The lowest BCUT2D eigenvalue weighted by molar-refractivity contribution is 0.392. The number of halogens is 2. The average molecular weight is 432 g/mol. The van der Waals surface area contributed by atoms with Gasteiger partial charge in [-0.05, 0) is 38.0 Å². The van der Waals surface area contributed by atoms with Gasteiger partial charge in [0.05, 0.1) is 5.69 Å². The van der Waals surface area contributed by atoms with E-state index in [1.165, 1.54) is 12.1 Å². The highest BCUT2D eigenvalue weighted by Crippen LogP contribution is 2.12. The van der Waals surface area contributed by atoms with Crippen LogP contribution < -0.4 is 10.6 Å². The van der Waals surface area contributed by atoms with Crippen LogP contribution in [-0.2, 0) is 13.0 Å². The minimum Gasteiger partial charge on any atom is -0.361 e. The second-order valence-corrected chi connectivity index (χ2v) is 5.03. The van der Waals surface area contributed by atoms with E-state index in [0.29, 0.717) is 12.5 Å². The minimum absolute atomic E-state index is 0.